The number of aromatic nitrogens is 1. The number of nitrogens with zero attached hydrogens (tertiary/aromatic N) is 1. The predicted octanol–water partition coefficient (Wildman–Crippen LogP) is 4.35. The van der Waals surface area contributed by atoms with Gasteiger partial charge in [-0.05, 0) is 42.6 Å². The fourth-order valence-electron chi connectivity index (χ4n) is 2.68. The number of benzene rings is 2. The van der Waals surface area contributed by atoms with Gasteiger partial charge >= 0.3 is 5.97 Å². The number of hydrogen-bond acceptors (Lipinski definition) is 4. The fraction of sp³-hybridized carbons (Fsp3) is 0.158. The van der Waals surface area contributed by atoms with Gasteiger partial charge in [0.15, 0.2) is 11.5 Å². The number of pyridine rings is 1. The third-order valence-electron chi connectivity index (χ3n) is 3.95. The first-order valence-electron chi connectivity index (χ1n) is 7.40. The summed E-state index contributed by atoms with van der Waals surface area (Å²) in [6.07, 6.45) is 0. The molecule has 0 saturated heterocycles. The highest BCUT2D eigenvalue weighted by atomic mass is 35.5. The Morgan fingerprint density at radius 2 is 1.60 bits per heavy atom. The molecule has 0 fully saturated rings. The summed E-state index contributed by atoms with van der Waals surface area (Å²) in [6, 6.07) is 12.5. The molecule has 0 unspecified atom stereocenters. The number of ether oxygens (including phenoxy) is 2. The van der Waals surface area contributed by atoms with Gasteiger partial charge < -0.3 is 14.6 Å². The minimum absolute atomic E-state index is 0. The molecule has 0 aliphatic heterocycles. The number of carbonyl (C=O) groups is 1. The van der Waals surface area contributed by atoms with E-state index >= 15 is 0 Å². The van der Waals surface area contributed by atoms with Crippen LogP contribution in [0.2, 0.25) is 0 Å². The third kappa shape index (κ3) is 3.51. The molecule has 130 valence electrons. The van der Waals surface area contributed by atoms with Crippen LogP contribution in [0.5, 0.6) is 11.5 Å². The van der Waals surface area contributed by atoms with E-state index in [0.29, 0.717) is 11.5 Å². The molecule has 6 heteroatoms. The number of carboxylic acids is 1. The highest BCUT2D eigenvalue weighted by Gasteiger charge is 2.11. The number of fused-ring (bicyclic) bond motifs is 1. The van der Waals surface area contributed by atoms with Crippen molar-refractivity contribution >= 4 is 29.1 Å². The fourth-order valence-corrected chi connectivity index (χ4v) is 2.68. The smallest absolute Gasteiger partial charge is 0.335 e. The zero-order chi connectivity index (χ0) is 17.3. The molecule has 0 aliphatic rings. The van der Waals surface area contributed by atoms with E-state index in [4.69, 9.17) is 14.6 Å². The zero-order valence-electron chi connectivity index (χ0n) is 14.1. The van der Waals surface area contributed by atoms with Gasteiger partial charge in [0.2, 0.25) is 0 Å². The standard InChI is InChI=1S/C19H17NO4.ClH/c1-11-15-10-18(24-3)17(23-2)9-14(15)8-16(20-11)12-4-6-13(7-5-12)19(21)22;/h4-10H,1-3H3,(H,21,22);1H. The Hall–Kier alpha value is -2.79. The van der Waals surface area contributed by atoms with Gasteiger partial charge in [-0.25, -0.2) is 4.79 Å². The van der Waals surface area contributed by atoms with E-state index in [2.05, 4.69) is 4.98 Å². The largest absolute Gasteiger partial charge is 0.493 e. The summed E-state index contributed by atoms with van der Waals surface area (Å²) in [4.78, 5) is 15.6. The molecule has 0 atom stereocenters. The highest BCUT2D eigenvalue weighted by molar-refractivity contribution is 5.91. The summed E-state index contributed by atoms with van der Waals surface area (Å²) in [6.45, 7) is 1.93. The molecule has 3 aromatic rings. The first kappa shape index (κ1) is 18.5. The van der Waals surface area contributed by atoms with Crippen LogP contribution in [0.25, 0.3) is 22.0 Å². The van der Waals surface area contributed by atoms with Gasteiger partial charge in [0.25, 0.3) is 0 Å². The maximum absolute atomic E-state index is 11.0. The second kappa shape index (κ2) is 7.40. The van der Waals surface area contributed by atoms with Gasteiger partial charge in [0.05, 0.1) is 25.5 Å². The maximum atomic E-state index is 11.0. The minimum atomic E-state index is -0.943. The first-order chi connectivity index (χ1) is 11.5. The van der Waals surface area contributed by atoms with E-state index in [9.17, 15) is 4.79 Å². The van der Waals surface area contributed by atoms with Crippen molar-refractivity contribution in [3.8, 4) is 22.8 Å². The topological polar surface area (TPSA) is 68.7 Å². The second-order valence-corrected chi connectivity index (χ2v) is 5.40. The van der Waals surface area contributed by atoms with Crippen molar-refractivity contribution in [2.45, 2.75) is 6.92 Å². The summed E-state index contributed by atoms with van der Waals surface area (Å²) >= 11 is 0. The number of aryl methyl sites for hydroxylation is 1. The van der Waals surface area contributed by atoms with E-state index in [1.807, 2.05) is 25.1 Å². The maximum Gasteiger partial charge on any atom is 0.335 e. The Morgan fingerprint density at radius 3 is 2.16 bits per heavy atom. The van der Waals surface area contributed by atoms with Crippen LogP contribution in [0, 0.1) is 6.92 Å². The molecular weight excluding hydrogens is 342 g/mol. The lowest BCUT2D eigenvalue weighted by molar-refractivity contribution is 0.0697. The number of aromatic carboxylic acids is 1. The summed E-state index contributed by atoms with van der Waals surface area (Å²) in [5, 5.41) is 11.0. The van der Waals surface area contributed by atoms with Gasteiger partial charge in [0, 0.05) is 16.6 Å². The minimum Gasteiger partial charge on any atom is -0.493 e. The SMILES string of the molecule is COc1cc2cc(-c3ccc(C(=O)O)cc3)nc(C)c2cc1OC.Cl. The van der Waals surface area contributed by atoms with E-state index < -0.39 is 5.97 Å². The number of carboxylic acid groups (broad SMARTS) is 1. The second-order valence-electron chi connectivity index (χ2n) is 5.40. The van der Waals surface area contributed by atoms with Crippen LogP contribution in [0.1, 0.15) is 16.1 Å². The molecule has 2 aromatic carbocycles. The molecule has 0 spiro atoms. The normalized spacial score (nSPS) is 10.2. The lowest BCUT2D eigenvalue weighted by atomic mass is 10.0. The van der Waals surface area contributed by atoms with Crippen LogP contribution in [-0.4, -0.2) is 30.3 Å². The summed E-state index contributed by atoms with van der Waals surface area (Å²) in [7, 11) is 3.20. The van der Waals surface area contributed by atoms with Gasteiger partial charge in [-0.2, -0.15) is 0 Å². The van der Waals surface area contributed by atoms with Crippen LogP contribution in [0.15, 0.2) is 42.5 Å². The molecule has 1 heterocycles. The van der Waals surface area contributed by atoms with Crippen molar-refractivity contribution < 1.29 is 19.4 Å². The first-order valence-corrected chi connectivity index (χ1v) is 7.40. The molecule has 0 aliphatic carbocycles. The van der Waals surface area contributed by atoms with Gasteiger partial charge in [-0.1, -0.05) is 12.1 Å². The van der Waals surface area contributed by atoms with Crippen molar-refractivity contribution in [3.05, 3.63) is 53.7 Å². The Morgan fingerprint density at radius 1 is 1.00 bits per heavy atom. The summed E-state index contributed by atoms with van der Waals surface area (Å²) in [5.74, 6) is 0.372. The molecular formula is C19H18ClNO4. The lowest BCUT2D eigenvalue weighted by Gasteiger charge is -2.12. The van der Waals surface area contributed by atoms with Crippen LogP contribution in [0.3, 0.4) is 0 Å². The van der Waals surface area contributed by atoms with Crippen molar-refractivity contribution in [3.63, 3.8) is 0 Å². The Labute approximate surface area is 151 Å². The zero-order valence-corrected chi connectivity index (χ0v) is 14.9. The Bertz CT molecular complexity index is 923. The Balaban J connectivity index is 0.00000225. The molecule has 3 rings (SSSR count). The monoisotopic (exact) mass is 359 g/mol. The summed E-state index contributed by atoms with van der Waals surface area (Å²) < 4.78 is 10.7. The Kier molecular flexibility index (Phi) is 5.49. The molecule has 0 saturated carbocycles. The number of halogens is 1. The van der Waals surface area contributed by atoms with Gasteiger partial charge in [-0.3, -0.25) is 4.98 Å². The number of hydrogen-bond donors (Lipinski definition) is 1. The van der Waals surface area contributed by atoms with Gasteiger partial charge in [0.1, 0.15) is 0 Å². The van der Waals surface area contributed by atoms with Crippen LogP contribution < -0.4 is 9.47 Å². The third-order valence-corrected chi connectivity index (χ3v) is 3.95. The van der Waals surface area contributed by atoms with Crippen LogP contribution >= 0.6 is 12.4 Å². The van der Waals surface area contributed by atoms with E-state index in [1.165, 1.54) is 0 Å². The van der Waals surface area contributed by atoms with Crippen LogP contribution in [-0.2, 0) is 0 Å². The molecule has 0 bridgehead atoms. The molecule has 25 heavy (non-hydrogen) atoms. The number of rotatable bonds is 4. The van der Waals surface area contributed by atoms with Crippen molar-refractivity contribution in [1.29, 1.82) is 0 Å². The molecule has 5 nitrogen and oxygen atoms in total. The molecule has 1 N–H and O–H groups in total. The van der Waals surface area contributed by atoms with Gasteiger partial charge in [-0.15, -0.1) is 12.4 Å². The molecule has 1 aromatic heterocycles. The lowest BCUT2D eigenvalue weighted by Crippen LogP contribution is -1.96. The predicted molar refractivity (Wildman–Crippen MR) is 99.2 cm³/mol. The van der Waals surface area contributed by atoms with E-state index in [-0.39, 0.29) is 18.0 Å². The van der Waals surface area contributed by atoms with E-state index in [0.717, 1.165) is 27.7 Å². The molecule has 0 amide bonds. The average Bonchev–Trinajstić information content (AvgIpc) is 2.60. The van der Waals surface area contributed by atoms with E-state index in [1.54, 1.807) is 38.5 Å². The molecule has 0 radical (unpaired) electrons. The van der Waals surface area contributed by atoms with Crippen LogP contribution in [0.4, 0.5) is 0 Å². The van der Waals surface area contributed by atoms with Crippen molar-refractivity contribution in [2.75, 3.05) is 14.2 Å². The van der Waals surface area contributed by atoms with Crippen molar-refractivity contribution in [2.24, 2.45) is 0 Å². The highest BCUT2D eigenvalue weighted by Crippen LogP contribution is 2.34. The average molecular weight is 360 g/mol. The number of methoxy groups -OCH3 is 2. The summed E-state index contributed by atoms with van der Waals surface area (Å²) in [5.41, 5.74) is 2.76. The van der Waals surface area contributed by atoms with Crippen molar-refractivity contribution in [1.82, 2.24) is 4.98 Å². The quantitative estimate of drug-likeness (QED) is 0.750.